The molecule has 1 N–H and O–H groups in total. The van der Waals surface area contributed by atoms with Gasteiger partial charge >= 0.3 is 0 Å². The quantitative estimate of drug-likeness (QED) is 0.791. The lowest BCUT2D eigenvalue weighted by atomic mass is 10.2. The molecule has 0 aliphatic carbocycles. The normalized spacial score (nSPS) is 10.7. The summed E-state index contributed by atoms with van der Waals surface area (Å²) in [5.41, 5.74) is 2.73. The van der Waals surface area contributed by atoms with Crippen molar-refractivity contribution >= 4 is 17.0 Å². The average Bonchev–Trinajstić information content (AvgIpc) is 2.85. The van der Waals surface area contributed by atoms with E-state index in [1.807, 2.05) is 18.2 Å². The number of hydrogen-bond acceptors (Lipinski definition) is 4. The Bertz CT molecular complexity index is 750. The van der Waals surface area contributed by atoms with Crippen molar-refractivity contribution in [3.05, 3.63) is 59.7 Å². The van der Waals surface area contributed by atoms with E-state index in [-0.39, 0.29) is 5.91 Å². The molecule has 0 fully saturated rings. The van der Waals surface area contributed by atoms with Crippen molar-refractivity contribution < 1.29 is 9.21 Å². The maximum atomic E-state index is 12.1. The van der Waals surface area contributed by atoms with Crippen molar-refractivity contribution in [3.8, 4) is 0 Å². The van der Waals surface area contributed by atoms with Gasteiger partial charge in [-0.15, -0.1) is 0 Å². The van der Waals surface area contributed by atoms with Gasteiger partial charge < -0.3 is 9.73 Å². The number of carbonyl (C=O) groups is 1. The summed E-state index contributed by atoms with van der Waals surface area (Å²) in [4.78, 5) is 20.4. The highest BCUT2D eigenvalue weighted by molar-refractivity contribution is 5.96. The molecule has 0 saturated carbocycles. The zero-order chi connectivity index (χ0) is 13.9. The van der Waals surface area contributed by atoms with Crippen LogP contribution in [0.25, 0.3) is 11.1 Å². The molecule has 0 radical (unpaired) electrons. The summed E-state index contributed by atoms with van der Waals surface area (Å²) in [6, 6.07) is 10.8. The number of amides is 1. The number of carbonyl (C=O) groups excluding carboxylic acids is 1. The molecule has 0 aliphatic heterocycles. The van der Waals surface area contributed by atoms with Crippen LogP contribution in [-0.2, 0) is 6.54 Å². The van der Waals surface area contributed by atoms with E-state index < -0.39 is 0 Å². The van der Waals surface area contributed by atoms with Gasteiger partial charge in [-0.3, -0.25) is 9.78 Å². The number of aryl methyl sites for hydroxylation is 1. The van der Waals surface area contributed by atoms with Crippen LogP contribution in [0.5, 0.6) is 0 Å². The number of nitrogens with zero attached hydrogens (tertiary/aromatic N) is 2. The Balaban J connectivity index is 1.75. The van der Waals surface area contributed by atoms with Crippen LogP contribution in [0.4, 0.5) is 0 Å². The standard InChI is InChI=1S/C15H13N3O2/c1-10-18-13-6-5-11(8-14(13)20-10)15(19)17-9-12-4-2-3-7-16-12/h2-8H,9H2,1H3,(H,17,19). The van der Waals surface area contributed by atoms with E-state index >= 15 is 0 Å². The van der Waals surface area contributed by atoms with Gasteiger partial charge in [-0.05, 0) is 30.3 Å². The largest absolute Gasteiger partial charge is 0.441 e. The Labute approximate surface area is 115 Å². The molecule has 5 heteroatoms. The second-order valence-electron chi connectivity index (χ2n) is 4.42. The molecule has 20 heavy (non-hydrogen) atoms. The van der Waals surface area contributed by atoms with Crippen molar-refractivity contribution in [2.24, 2.45) is 0 Å². The molecule has 0 unspecified atom stereocenters. The van der Waals surface area contributed by atoms with Crippen molar-refractivity contribution in [1.29, 1.82) is 0 Å². The van der Waals surface area contributed by atoms with Crippen LogP contribution in [0.15, 0.2) is 47.0 Å². The highest BCUT2D eigenvalue weighted by Gasteiger charge is 2.09. The zero-order valence-electron chi connectivity index (χ0n) is 11.0. The first-order valence-electron chi connectivity index (χ1n) is 6.28. The molecule has 3 rings (SSSR count). The predicted molar refractivity (Wildman–Crippen MR) is 74.2 cm³/mol. The molecule has 3 aromatic rings. The van der Waals surface area contributed by atoms with Gasteiger partial charge in [-0.2, -0.15) is 0 Å². The summed E-state index contributed by atoms with van der Waals surface area (Å²) in [6.45, 7) is 2.17. The SMILES string of the molecule is Cc1nc2ccc(C(=O)NCc3ccccn3)cc2o1. The van der Waals surface area contributed by atoms with E-state index in [0.29, 0.717) is 23.6 Å². The van der Waals surface area contributed by atoms with Crippen LogP contribution in [0.3, 0.4) is 0 Å². The van der Waals surface area contributed by atoms with Crippen molar-refractivity contribution in [2.75, 3.05) is 0 Å². The number of oxazole rings is 1. The zero-order valence-corrected chi connectivity index (χ0v) is 11.0. The Morgan fingerprint density at radius 1 is 1.30 bits per heavy atom. The fourth-order valence-corrected chi connectivity index (χ4v) is 1.96. The third kappa shape index (κ3) is 2.51. The number of rotatable bonds is 3. The molecule has 2 aromatic heterocycles. The van der Waals surface area contributed by atoms with Crippen LogP contribution < -0.4 is 5.32 Å². The molecule has 0 saturated heterocycles. The molecular formula is C15H13N3O2. The number of benzene rings is 1. The van der Waals surface area contributed by atoms with Crippen molar-refractivity contribution in [2.45, 2.75) is 13.5 Å². The monoisotopic (exact) mass is 267 g/mol. The molecule has 0 bridgehead atoms. The Morgan fingerprint density at radius 2 is 2.20 bits per heavy atom. The number of fused-ring (bicyclic) bond motifs is 1. The lowest BCUT2D eigenvalue weighted by Gasteiger charge is -2.04. The molecule has 0 atom stereocenters. The minimum absolute atomic E-state index is 0.161. The Morgan fingerprint density at radius 3 is 3.00 bits per heavy atom. The molecule has 0 aliphatic rings. The third-order valence-electron chi connectivity index (χ3n) is 2.91. The number of aromatic nitrogens is 2. The first-order valence-corrected chi connectivity index (χ1v) is 6.28. The van der Waals surface area contributed by atoms with Crippen molar-refractivity contribution in [3.63, 3.8) is 0 Å². The third-order valence-corrected chi connectivity index (χ3v) is 2.91. The lowest BCUT2D eigenvalue weighted by molar-refractivity contribution is 0.0950. The van der Waals surface area contributed by atoms with Gasteiger partial charge in [-0.25, -0.2) is 4.98 Å². The molecule has 2 heterocycles. The maximum Gasteiger partial charge on any atom is 0.251 e. The van der Waals surface area contributed by atoms with E-state index in [4.69, 9.17) is 4.42 Å². The number of nitrogens with one attached hydrogen (secondary N) is 1. The second-order valence-corrected chi connectivity index (χ2v) is 4.42. The molecule has 0 spiro atoms. The van der Waals surface area contributed by atoms with Crippen LogP contribution in [0, 0.1) is 6.92 Å². The first-order chi connectivity index (χ1) is 9.72. The average molecular weight is 267 g/mol. The number of hydrogen-bond donors (Lipinski definition) is 1. The molecule has 100 valence electrons. The van der Waals surface area contributed by atoms with E-state index in [2.05, 4.69) is 15.3 Å². The summed E-state index contributed by atoms with van der Waals surface area (Å²) < 4.78 is 5.42. The highest BCUT2D eigenvalue weighted by atomic mass is 16.3. The van der Waals surface area contributed by atoms with Gasteiger partial charge in [0.15, 0.2) is 11.5 Å². The highest BCUT2D eigenvalue weighted by Crippen LogP contribution is 2.16. The Kier molecular flexibility index (Phi) is 3.16. The van der Waals surface area contributed by atoms with E-state index in [1.165, 1.54) is 0 Å². The molecular weight excluding hydrogens is 254 g/mol. The van der Waals surface area contributed by atoms with Gasteiger partial charge in [-0.1, -0.05) is 6.07 Å². The maximum absolute atomic E-state index is 12.1. The van der Waals surface area contributed by atoms with E-state index in [0.717, 1.165) is 11.2 Å². The van der Waals surface area contributed by atoms with Gasteiger partial charge in [0, 0.05) is 18.7 Å². The topological polar surface area (TPSA) is 68.0 Å². The van der Waals surface area contributed by atoms with Gasteiger partial charge in [0.05, 0.1) is 12.2 Å². The van der Waals surface area contributed by atoms with Gasteiger partial charge in [0.25, 0.3) is 5.91 Å². The van der Waals surface area contributed by atoms with Gasteiger partial charge in [0.1, 0.15) is 5.52 Å². The van der Waals surface area contributed by atoms with Gasteiger partial charge in [0.2, 0.25) is 0 Å². The predicted octanol–water partition coefficient (Wildman–Crippen LogP) is 2.46. The minimum atomic E-state index is -0.161. The summed E-state index contributed by atoms with van der Waals surface area (Å²) >= 11 is 0. The smallest absolute Gasteiger partial charge is 0.251 e. The summed E-state index contributed by atoms with van der Waals surface area (Å²) in [5, 5.41) is 2.82. The molecule has 1 aromatic carbocycles. The Hall–Kier alpha value is -2.69. The number of pyridine rings is 1. The minimum Gasteiger partial charge on any atom is -0.441 e. The van der Waals surface area contributed by atoms with E-state index in [9.17, 15) is 4.79 Å². The molecule has 5 nitrogen and oxygen atoms in total. The van der Waals surface area contributed by atoms with Crippen LogP contribution in [0.2, 0.25) is 0 Å². The molecule has 1 amide bonds. The summed E-state index contributed by atoms with van der Waals surface area (Å²) in [7, 11) is 0. The van der Waals surface area contributed by atoms with E-state index in [1.54, 1.807) is 31.3 Å². The fourth-order valence-electron chi connectivity index (χ4n) is 1.96. The van der Waals surface area contributed by atoms with Crippen LogP contribution in [0.1, 0.15) is 21.9 Å². The summed E-state index contributed by atoms with van der Waals surface area (Å²) in [6.07, 6.45) is 1.70. The van der Waals surface area contributed by atoms with Crippen LogP contribution >= 0.6 is 0 Å². The second kappa shape index (κ2) is 5.13. The fraction of sp³-hybridized carbons (Fsp3) is 0.133. The van der Waals surface area contributed by atoms with Crippen molar-refractivity contribution in [1.82, 2.24) is 15.3 Å². The summed E-state index contributed by atoms with van der Waals surface area (Å²) in [5.74, 6) is 0.428. The van der Waals surface area contributed by atoms with Crippen LogP contribution in [-0.4, -0.2) is 15.9 Å². The lowest BCUT2D eigenvalue weighted by Crippen LogP contribution is -2.23. The first kappa shape index (κ1) is 12.3.